The topological polar surface area (TPSA) is 109 Å². The number of alkyl carbamates (subject to hydrolysis) is 1. The molecule has 2 N–H and O–H groups in total. The van der Waals surface area contributed by atoms with E-state index >= 15 is 0 Å². The molecule has 7 nitrogen and oxygen atoms in total. The molecule has 110 valence electrons. The maximum atomic E-state index is 11.4. The van der Waals surface area contributed by atoms with Crippen LogP contribution in [0, 0.1) is 11.3 Å². The molecule has 0 bridgehead atoms. The Morgan fingerprint density at radius 3 is 2.57 bits per heavy atom. The van der Waals surface area contributed by atoms with Crippen molar-refractivity contribution in [2.45, 2.75) is 6.61 Å². The minimum Gasteiger partial charge on any atom is -0.509 e. The quantitative estimate of drug-likeness (QED) is 0.367. The van der Waals surface area contributed by atoms with Gasteiger partial charge in [0.15, 0.2) is 5.57 Å². The maximum absolute atomic E-state index is 11.4. The van der Waals surface area contributed by atoms with E-state index in [4.69, 9.17) is 10.00 Å². The summed E-state index contributed by atoms with van der Waals surface area (Å²) in [6.07, 6.45) is -0.785. The molecule has 0 aliphatic heterocycles. The van der Waals surface area contributed by atoms with E-state index < -0.39 is 29.9 Å². The summed E-state index contributed by atoms with van der Waals surface area (Å²) in [6.45, 7) is -0.342. The van der Waals surface area contributed by atoms with Gasteiger partial charge in [-0.15, -0.1) is 0 Å². The van der Waals surface area contributed by atoms with Crippen molar-refractivity contribution in [3.63, 3.8) is 0 Å². The first kappa shape index (κ1) is 16.0. The standard InChI is InChI=1S/C14H14N2O5/c1-20-13(18)11(7-15)12(17)8-16-14(19)21-9-10-5-3-2-4-6-10/h2-6,17H,8-9H2,1H3,(H,16,19)/b12-11-. The number of aliphatic hydroxyl groups is 1. The third-order valence-corrected chi connectivity index (χ3v) is 2.40. The molecule has 0 atom stereocenters. The Morgan fingerprint density at radius 1 is 1.33 bits per heavy atom. The zero-order valence-electron chi connectivity index (χ0n) is 11.3. The molecule has 21 heavy (non-hydrogen) atoms. The fraction of sp³-hybridized carbons (Fsp3) is 0.214. The molecule has 7 heteroatoms. The second-order valence-electron chi connectivity index (χ2n) is 3.84. The lowest BCUT2D eigenvalue weighted by Gasteiger charge is -2.07. The highest BCUT2D eigenvalue weighted by molar-refractivity contribution is 5.93. The molecule has 1 aromatic rings. The van der Waals surface area contributed by atoms with Gasteiger partial charge in [-0.05, 0) is 5.56 Å². The lowest BCUT2D eigenvalue weighted by Crippen LogP contribution is -2.27. The molecule has 0 saturated carbocycles. The first-order valence-corrected chi connectivity index (χ1v) is 5.93. The third kappa shape index (κ3) is 5.24. The van der Waals surface area contributed by atoms with Crippen molar-refractivity contribution >= 4 is 12.1 Å². The lowest BCUT2D eigenvalue weighted by molar-refractivity contribution is -0.135. The van der Waals surface area contributed by atoms with Gasteiger partial charge in [-0.25, -0.2) is 9.59 Å². The van der Waals surface area contributed by atoms with E-state index in [9.17, 15) is 14.7 Å². The molecule has 0 heterocycles. The second-order valence-corrected chi connectivity index (χ2v) is 3.84. The molecule has 0 aliphatic rings. The molecular weight excluding hydrogens is 276 g/mol. The molecule has 1 amide bonds. The fourth-order valence-electron chi connectivity index (χ4n) is 1.35. The summed E-state index contributed by atoms with van der Waals surface area (Å²) >= 11 is 0. The molecule has 1 rings (SSSR count). The Labute approximate surface area is 121 Å². The number of nitrogens with one attached hydrogen (secondary N) is 1. The number of benzene rings is 1. The van der Waals surface area contributed by atoms with Gasteiger partial charge in [0.1, 0.15) is 18.4 Å². The number of hydrogen-bond donors (Lipinski definition) is 2. The number of nitriles is 1. The van der Waals surface area contributed by atoms with Gasteiger partial charge in [0.25, 0.3) is 0 Å². The predicted molar refractivity (Wildman–Crippen MR) is 71.9 cm³/mol. The molecule has 0 unspecified atom stereocenters. The van der Waals surface area contributed by atoms with Crippen LogP contribution in [0.25, 0.3) is 0 Å². The third-order valence-electron chi connectivity index (χ3n) is 2.40. The van der Waals surface area contributed by atoms with Crippen LogP contribution in [0.5, 0.6) is 0 Å². The van der Waals surface area contributed by atoms with Gasteiger partial charge >= 0.3 is 12.1 Å². The SMILES string of the molecule is COC(=O)/C(C#N)=C(\O)CNC(=O)OCc1ccccc1. The predicted octanol–water partition coefficient (Wildman–Crippen LogP) is 1.42. The van der Waals surface area contributed by atoms with Crippen LogP contribution in [-0.4, -0.2) is 30.8 Å². The summed E-state index contributed by atoms with van der Waals surface area (Å²) in [7, 11) is 1.08. The number of hydrogen-bond acceptors (Lipinski definition) is 6. The van der Waals surface area contributed by atoms with Crippen LogP contribution >= 0.6 is 0 Å². The molecule has 0 radical (unpaired) electrons. The lowest BCUT2D eigenvalue weighted by atomic mass is 10.2. The minimum atomic E-state index is -0.977. The number of esters is 1. The summed E-state index contributed by atoms with van der Waals surface area (Å²) in [4.78, 5) is 22.5. The number of ether oxygens (including phenoxy) is 2. The minimum absolute atomic E-state index is 0.0687. The average Bonchev–Trinajstić information content (AvgIpc) is 2.52. The molecular formula is C14H14N2O5. The van der Waals surface area contributed by atoms with Gasteiger partial charge in [-0.2, -0.15) is 5.26 Å². The average molecular weight is 290 g/mol. The van der Waals surface area contributed by atoms with Crippen molar-refractivity contribution in [3.8, 4) is 6.07 Å². The highest BCUT2D eigenvalue weighted by Crippen LogP contribution is 2.03. The normalized spacial score (nSPS) is 10.9. The van der Waals surface area contributed by atoms with Gasteiger partial charge < -0.3 is 19.9 Å². The molecule has 0 saturated heterocycles. The highest BCUT2D eigenvalue weighted by Gasteiger charge is 2.16. The zero-order chi connectivity index (χ0) is 15.7. The van der Waals surface area contributed by atoms with Crippen LogP contribution in [0.3, 0.4) is 0 Å². The summed E-state index contributed by atoms with van der Waals surface area (Å²) in [5.41, 5.74) is 0.237. The Morgan fingerprint density at radius 2 is 2.00 bits per heavy atom. The van der Waals surface area contributed by atoms with Gasteiger partial charge in [-0.1, -0.05) is 30.3 Å². The van der Waals surface area contributed by atoms with E-state index in [1.807, 2.05) is 6.07 Å². The summed E-state index contributed by atoms with van der Waals surface area (Å²) < 4.78 is 9.21. The van der Waals surface area contributed by atoms with E-state index in [2.05, 4.69) is 10.1 Å². The Balaban J connectivity index is 2.47. The smallest absolute Gasteiger partial charge is 0.407 e. The number of rotatable bonds is 5. The first-order valence-electron chi connectivity index (χ1n) is 5.93. The number of carbonyl (C=O) groups excluding carboxylic acids is 2. The van der Waals surface area contributed by atoms with Crippen molar-refractivity contribution in [2.24, 2.45) is 0 Å². The van der Waals surface area contributed by atoms with Crippen molar-refractivity contribution in [1.29, 1.82) is 5.26 Å². The largest absolute Gasteiger partial charge is 0.509 e. The van der Waals surface area contributed by atoms with Crippen molar-refractivity contribution in [3.05, 3.63) is 47.2 Å². The first-order chi connectivity index (χ1) is 10.1. The number of amides is 1. The van der Waals surface area contributed by atoms with E-state index in [0.29, 0.717) is 0 Å². The fourth-order valence-corrected chi connectivity index (χ4v) is 1.35. The molecule has 1 aromatic carbocycles. The van der Waals surface area contributed by atoms with Crippen LogP contribution < -0.4 is 5.32 Å². The van der Waals surface area contributed by atoms with Crippen LogP contribution in [0.1, 0.15) is 5.56 Å². The van der Waals surface area contributed by atoms with Gasteiger partial charge in [0.2, 0.25) is 0 Å². The summed E-state index contributed by atoms with van der Waals surface area (Å²) in [5.74, 6) is -1.57. The maximum Gasteiger partial charge on any atom is 0.407 e. The monoisotopic (exact) mass is 290 g/mol. The van der Waals surface area contributed by atoms with Crippen LogP contribution in [0.15, 0.2) is 41.7 Å². The van der Waals surface area contributed by atoms with E-state index in [1.54, 1.807) is 24.3 Å². The van der Waals surface area contributed by atoms with Crippen LogP contribution in [0.2, 0.25) is 0 Å². The van der Waals surface area contributed by atoms with E-state index in [1.165, 1.54) is 6.07 Å². The zero-order valence-corrected chi connectivity index (χ0v) is 11.3. The van der Waals surface area contributed by atoms with Gasteiger partial charge in [0, 0.05) is 0 Å². The van der Waals surface area contributed by atoms with E-state index in [0.717, 1.165) is 12.7 Å². The Bertz CT molecular complexity index is 575. The Kier molecular flexibility index (Phi) is 6.28. The summed E-state index contributed by atoms with van der Waals surface area (Å²) in [5, 5.41) is 20.5. The van der Waals surface area contributed by atoms with Crippen LogP contribution in [-0.2, 0) is 20.9 Å². The number of nitrogens with zero attached hydrogens (tertiary/aromatic N) is 1. The van der Waals surface area contributed by atoms with E-state index in [-0.39, 0.29) is 6.61 Å². The number of methoxy groups -OCH3 is 1. The summed E-state index contributed by atoms with van der Waals surface area (Å²) in [6, 6.07) is 10.5. The Hall–Kier alpha value is -3.01. The van der Waals surface area contributed by atoms with Crippen LogP contribution in [0.4, 0.5) is 4.79 Å². The van der Waals surface area contributed by atoms with Crippen molar-refractivity contribution < 1.29 is 24.2 Å². The molecule has 0 aromatic heterocycles. The molecule has 0 aliphatic carbocycles. The van der Waals surface area contributed by atoms with Crippen molar-refractivity contribution in [1.82, 2.24) is 5.32 Å². The number of carbonyl (C=O) groups is 2. The second kappa shape index (κ2) is 8.22. The highest BCUT2D eigenvalue weighted by atomic mass is 16.5. The van der Waals surface area contributed by atoms with Crippen molar-refractivity contribution in [2.75, 3.05) is 13.7 Å². The van der Waals surface area contributed by atoms with Gasteiger partial charge in [-0.3, -0.25) is 0 Å². The molecule has 0 fully saturated rings. The van der Waals surface area contributed by atoms with Gasteiger partial charge in [0.05, 0.1) is 13.7 Å². The molecule has 0 spiro atoms. The number of aliphatic hydroxyl groups excluding tert-OH is 1.